The van der Waals surface area contributed by atoms with E-state index in [2.05, 4.69) is 0 Å². The van der Waals surface area contributed by atoms with Gasteiger partial charge >= 0.3 is 17.4 Å². The van der Waals surface area contributed by atoms with Crippen molar-refractivity contribution >= 4 is 29.3 Å². The fourth-order valence-corrected chi connectivity index (χ4v) is 1.25. The third-order valence-electron chi connectivity index (χ3n) is 2.01. The van der Waals surface area contributed by atoms with Gasteiger partial charge in [0.15, 0.2) is 0 Å². The van der Waals surface area contributed by atoms with Gasteiger partial charge in [0.05, 0.1) is 0 Å². The number of carboxylic acids is 2. The second kappa shape index (κ2) is 11.5. The minimum absolute atomic E-state index is 0. The third-order valence-corrected chi connectivity index (χ3v) is 2.01. The molecule has 5 heteroatoms. The molecule has 4 nitrogen and oxygen atoms in total. The third kappa shape index (κ3) is 16.2. The fourth-order valence-electron chi connectivity index (χ4n) is 1.25. The number of hydrogen-bond donors (Lipinski definition) is 0. The van der Waals surface area contributed by atoms with Gasteiger partial charge in [0.2, 0.25) is 0 Å². The second-order valence-corrected chi connectivity index (χ2v) is 3.37. The number of aliphatic carboxylic acids is 2. The molecule has 0 spiro atoms. The molecule has 82 valence electrons. The molecule has 0 aromatic heterocycles. The molecule has 0 heterocycles. The van der Waals surface area contributed by atoms with Crippen LogP contribution in [0.2, 0.25) is 0 Å². The predicted octanol–water partition coefficient (Wildman–Crippen LogP) is -0.774. The molecule has 0 amide bonds. The first kappa shape index (κ1) is 16.9. The molecule has 0 bridgehead atoms. The normalized spacial score (nSPS) is 9.33. The minimum Gasteiger partial charge on any atom is -0.550 e. The van der Waals surface area contributed by atoms with Gasteiger partial charge in [-0.2, -0.15) is 0 Å². The van der Waals surface area contributed by atoms with Crippen LogP contribution >= 0.6 is 0 Å². The first-order chi connectivity index (χ1) is 6.63. The molecular formula is C10H16AlO4+. The van der Waals surface area contributed by atoms with Crippen LogP contribution in [-0.4, -0.2) is 29.3 Å². The zero-order valence-electron chi connectivity index (χ0n) is 8.87. The van der Waals surface area contributed by atoms with Crippen molar-refractivity contribution in [2.45, 2.75) is 51.4 Å². The largest absolute Gasteiger partial charge is 3.00 e. The van der Waals surface area contributed by atoms with Crippen LogP contribution < -0.4 is 10.2 Å². The van der Waals surface area contributed by atoms with Crippen molar-refractivity contribution in [2.75, 3.05) is 0 Å². The Labute approximate surface area is 101 Å². The number of unbranched alkanes of at least 4 members (excludes halogenated alkanes) is 5. The van der Waals surface area contributed by atoms with E-state index in [0.717, 1.165) is 25.7 Å². The van der Waals surface area contributed by atoms with Crippen LogP contribution in [0.15, 0.2) is 0 Å². The van der Waals surface area contributed by atoms with Crippen LogP contribution in [0, 0.1) is 0 Å². The van der Waals surface area contributed by atoms with E-state index in [4.69, 9.17) is 0 Å². The summed E-state index contributed by atoms with van der Waals surface area (Å²) < 4.78 is 0. The molecular weight excluding hydrogens is 211 g/mol. The second-order valence-electron chi connectivity index (χ2n) is 3.37. The standard InChI is InChI=1S/C10H18O4.Al/c11-9(12)7-5-3-1-2-4-6-8-10(13)14;/h1-8H2,(H,11,12)(H,13,14);/q;+3/p-2. The summed E-state index contributed by atoms with van der Waals surface area (Å²) in [5.74, 6) is -2.00. The molecule has 0 aromatic carbocycles. The van der Waals surface area contributed by atoms with E-state index < -0.39 is 11.9 Å². The average Bonchev–Trinajstić information content (AvgIpc) is 2.08. The van der Waals surface area contributed by atoms with Crippen molar-refractivity contribution in [3.05, 3.63) is 0 Å². The van der Waals surface area contributed by atoms with Gasteiger partial charge in [-0.1, -0.05) is 25.7 Å². The first-order valence-corrected chi connectivity index (χ1v) is 5.02. The Morgan fingerprint density at radius 2 is 0.933 bits per heavy atom. The number of carbonyl (C=O) groups is 2. The maximum atomic E-state index is 10.0. The summed E-state index contributed by atoms with van der Waals surface area (Å²) in [5.41, 5.74) is 0. The summed E-state index contributed by atoms with van der Waals surface area (Å²) in [7, 11) is 0. The molecule has 0 unspecified atom stereocenters. The quantitative estimate of drug-likeness (QED) is 0.382. The van der Waals surface area contributed by atoms with Crippen molar-refractivity contribution in [1.82, 2.24) is 0 Å². The molecule has 0 aliphatic carbocycles. The van der Waals surface area contributed by atoms with Crippen molar-refractivity contribution < 1.29 is 19.8 Å². The van der Waals surface area contributed by atoms with E-state index >= 15 is 0 Å². The monoisotopic (exact) mass is 227 g/mol. The van der Waals surface area contributed by atoms with Crippen LogP contribution in [0.25, 0.3) is 0 Å². The van der Waals surface area contributed by atoms with E-state index in [1.54, 1.807) is 0 Å². The summed E-state index contributed by atoms with van der Waals surface area (Å²) in [6.07, 6.45) is 5.23. The van der Waals surface area contributed by atoms with Crippen molar-refractivity contribution in [3.63, 3.8) is 0 Å². The van der Waals surface area contributed by atoms with Crippen molar-refractivity contribution in [1.29, 1.82) is 0 Å². The van der Waals surface area contributed by atoms with E-state index in [0.29, 0.717) is 12.8 Å². The fraction of sp³-hybridized carbons (Fsp3) is 0.800. The summed E-state index contributed by atoms with van der Waals surface area (Å²) >= 11 is 0. The average molecular weight is 227 g/mol. The van der Waals surface area contributed by atoms with Crippen LogP contribution in [0.3, 0.4) is 0 Å². The molecule has 0 fully saturated rings. The molecule has 0 rings (SSSR count). The van der Waals surface area contributed by atoms with Gasteiger partial charge < -0.3 is 19.8 Å². The Kier molecular flexibility index (Phi) is 13.0. The van der Waals surface area contributed by atoms with E-state index in [9.17, 15) is 19.8 Å². The molecule has 0 radical (unpaired) electrons. The van der Waals surface area contributed by atoms with Crippen molar-refractivity contribution in [3.8, 4) is 0 Å². The number of hydrogen-bond acceptors (Lipinski definition) is 4. The predicted molar refractivity (Wildman–Crippen MR) is 52.7 cm³/mol. The van der Waals surface area contributed by atoms with Crippen LogP contribution in [-0.2, 0) is 9.59 Å². The smallest absolute Gasteiger partial charge is 0.550 e. The molecule has 0 saturated heterocycles. The van der Waals surface area contributed by atoms with Gasteiger partial charge in [0, 0.05) is 11.9 Å². The summed E-state index contributed by atoms with van der Waals surface area (Å²) in [6.45, 7) is 0. The number of carboxylic acid groups (broad SMARTS) is 2. The van der Waals surface area contributed by atoms with Crippen LogP contribution in [0.5, 0.6) is 0 Å². The summed E-state index contributed by atoms with van der Waals surface area (Å²) in [4.78, 5) is 20.1. The Hall–Kier alpha value is -0.528. The topological polar surface area (TPSA) is 80.3 Å². The van der Waals surface area contributed by atoms with Gasteiger partial charge in [-0.25, -0.2) is 0 Å². The van der Waals surface area contributed by atoms with Gasteiger partial charge in [-0.15, -0.1) is 0 Å². The van der Waals surface area contributed by atoms with Crippen molar-refractivity contribution in [2.24, 2.45) is 0 Å². The van der Waals surface area contributed by atoms with Gasteiger partial charge in [0.25, 0.3) is 0 Å². The van der Waals surface area contributed by atoms with E-state index in [1.165, 1.54) is 0 Å². The zero-order chi connectivity index (χ0) is 10.8. The first-order valence-electron chi connectivity index (χ1n) is 5.02. The Bertz CT molecular complexity index is 162. The molecule has 15 heavy (non-hydrogen) atoms. The van der Waals surface area contributed by atoms with Gasteiger partial charge in [0.1, 0.15) is 0 Å². The molecule has 0 aliphatic rings. The molecule has 0 aromatic rings. The summed E-state index contributed by atoms with van der Waals surface area (Å²) in [5, 5.41) is 20.1. The Morgan fingerprint density at radius 3 is 1.20 bits per heavy atom. The maximum Gasteiger partial charge on any atom is 3.00 e. The number of rotatable bonds is 9. The summed E-state index contributed by atoms with van der Waals surface area (Å²) in [6, 6.07) is 0. The molecule has 0 atom stereocenters. The Morgan fingerprint density at radius 1 is 0.667 bits per heavy atom. The molecule has 0 N–H and O–H groups in total. The van der Waals surface area contributed by atoms with E-state index in [-0.39, 0.29) is 30.2 Å². The SMILES string of the molecule is O=C([O-])CCCCCCCCC(=O)[O-].[Al+3]. The Balaban J connectivity index is 0. The number of carbonyl (C=O) groups excluding carboxylic acids is 2. The maximum absolute atomic E-state index is 10.0. The van der Waals surface area contributed by atoms with E-state index in [1.807, 2.05) is 0 Å². The zero-order valence-corrected chi connectivity index (χ0v) is 10.0. The van der Waals surface area contributed by atoms with Crippen LogP contribution in [0.4, 0.5) is 0 Å². The van der Waals surface area contributed by atoms with Crippen LogP contribution in [0.1, 0.15) is 51.4 Å². The molecule has 0 saturated carbocycles. The van der Waals surface area contributed by atoms with Gasteiger partial charge in [-0.3, -0.25) is 0 Å². The minimum atomic E-state index is -0.998. The van der Waals surface area contributed by atoms with Gasteiger partial charge in [-0.05, 0) is 25.7 Å². The molecule has 0 aliphatic heterocycles.